The van der Waals surface area contributed by atoms with Gasteiger partial charge in [-0.1, -0.05) is 25.5 Å². The molecule has 25 heavy (non-hydrogen) atoms. The van der Waals surface area contributed by atoms with Gasteiger partial charge in [0.1, 0.15) is 0 Å². The van der Waals surface area contributed by atoms with Crippen LogP contribution >= 0.6 is 0 Å². The van der Waals surface area contributed by atoms with Gasteiger partial charge in [0.2, 0.25) is 0 Å². The molecule has 0 aliphatic carbocycles. The van der Waals surface area contributed by atoms with Crippen LogP contribution in [0.15, 0.2) is 36.4 Å². The molecule has 0 saturated heterocycles. The summed E-state index contributed by atoms with van der Waals surface area (Å²) in [5, 5.41) is 5.87. The molecule has 0 aliphatic rings. The molecule has 2 aromatic carbocycles. The molecule has 134 valence electrons. The van der Waals surface area contributed by atoms with Crippen molar-refractivity contribution >= 4 is 5.91 Å². The molecule has 0 atom stereocenters. The Morgan fingerprint density at radius 2 is 1.56 bits per heavy atom. The minimum Gasteiger partial charge on any atom is -0.352 e. The molecule has 0 radical (unpaired) electrons. The van der Waals surface area contributed by atoms with E-state index in [0.29, 0.717) is 24.2 Å². The summed E-state index contributed by atoms with van der Waals surface area (Å²) in [5.74, 6) is -3.97. The lowest BCUT2D eigenvalue weighted by Gasteiger charge is -2.08. The van der Waals surface area contributed by atoms with Crippen molar-refractivity contribution < 1.29 is 18.0 Å². The molecule has 0 spiro atoms. The van der Waals surface area contributed by atoms with Crippen molar-refractivity contribution in [3.63, 3.8) is 0 Å². The van der Waals surface area contributed by atoms with E-state index in [0.717, 1.165) is 30.5 Å². The van der Waals surface area contributed by atoms with Crippen molar-refractivity contribution in [2.75, 3.05) is 6.54 Å². The maximum Gasteiger partial charge on any atom is 0.251 e. The van der Waals surface area contributed by atoms with Crippen LogP contribution in [0.25, 0.3) is 0 Å². The number of halogens is 3. The molecule has 1 amide bonds. The second-order valence-electron chi connectivity index (χ2n) is 5.78. The van der Waals surface area contributed by atoms with Crippen LogP contribution in [0.4, 0.5) is 13.2 Å². The molecule has 0 aliphatic heterocycles. The Bertz CT molecular complexity index is 694. The van der Waals surface area contributed by atoms with Gasteiger partial charge in [-0.2, -0.15) is 0 Å². The van der Waals surface area contributed by atoms with Gasteiger partial charge in [-0.15, -0.1) is 0 Å². The third kappa shape index (κ3) is 5.60. The van der Waals surface area contributed by atoms with Crippen molar-refractivity contribution in [2.45, 2.75) is 32.9 Å². The first kappa shape index (κ1) is 19.0. The van der Waals surface area contributed by atoms with E-state index in [9.17, 15) is 18.0 Å². The van der Waals surface area contributed by atoms with Gasteiger partial charge >= 0.3 is 0 Å². The van der Waals surface area contributed by atoms with E-state index in [-0.39, 0.29) is 12.5 Å². The highest BCUT2D eigenvalue weighted by molar-refractivity contribution is 5.94. The summed E-state index contributed by atoms with van der Waals surface area (Å²) in [7, 11) is 0. The largest absolute Gasteiger partial charge is 0.352 e. The van der Waals surface area contributed by atoms with Crippen molar-refractivity contribution in [3.8, 4) is 0 Å². The predicted octanol–water partition coefficient (Wildman–Crippen LogP) is 3.92. The fraction of sp³-hybridized carbons (Fsp3) is 0.316. The zero-order valence-corrected chi connectivity index (χ0v) is 14.0. The highest BCUT2D eigenvalue weighted by Crippen LogP contribution is 2.13. The number of nitrogens with one attached hydrogen (secondary N) is 2. The van der Waals surface area contributed by atoms with Crippen LogP contribution < -0.4 is 10.6 Å². The van der Waals surface area contributed by atoms with E-state index in [4.69, 9.17) is 0 Å². The molecule has 2 N–H and O–H groups in total. The van der Waals surface area contributed by atoms with Crippen molar-refractivity contribution in [2.24, 2.45) is 0 Å². The summed E-state index contributed by atoms with van der Waals surface area (Å²) in [5.41, 5.74) is 1.83. The first-order chi connectivity index (χ1) is 12.0. The van der Waals surface area contributed by atoms with Gasteiger partial charge in [0.15, 0.2) is 17.5 Å². The van der Waals surface area contributed by atoms with E-state index < -0.39 is 17.5 Å². The van der Waals surface area contributed by atoms with Crippen LogP contribution in [-0.4, -0.2) is 12.5 Å². The van der Waals surface area contributed by atoms with E-state index in [2.05, 4.69) is 17.6 Å². The quantitative estimate of drug-likeness (QED) is 0.560. The highest BCUT2D eigenvalue weighted by Gasteiger charge is 2.10. The molecule has 3 nitrogen and oxygen atoms in total. The number of unbranched alkanes of at least 4 members (excludes halogenated alkanes) is 1. The number of carbonyl (C=O) groups excluding carboxylic acids is 1. The number of hydrogen-bond acceptors (Lipinski definition) is 2. The van der Waals surface area contributed by atoms with E-state index in [1.165, 1.54) is 0 Å². The summed E-state index contributed by atoms with van der Waals surface area (Å²) in [4.78, 5) is 11.9. The fourth-order valence-corrected chi connectivity index (χ4v) is 2.32. The summed E-state index contributed by atoms with van der Waals surface area (Å²) >= 11 is 0. The number of rotatable bonds is 8. The van der Waals surface area contributed by atoms with Crippen LogP contribution in [-0.2, 0) is 13.1 Å². The Morgan fingerprint density at radius 3 is 2.16 bits per heavy atom. The third-order valence-electron chi connectivity index (χ3n) is 3.73. The molecule has 0 bridgehead atoms. The van der Waals surface area contributed by atoms with Crippen LogP contribution in [0, 0.1) is 17.5 Å². The van der Waals surface area contributed by atoms with E-state index in [1.54, 1.807) is 12.1 Å². The molecule has 2 rings (SSSR count). The Balaban J connectivity index is 1.84. The van der Waals surface area contributed by atoms with Gasteiger partial charge in [-0.3, -0.25) is 4.79 Å². The lowest BCUT2D eigenvalue weighted by Crippen LogP contribution is -2.24. The molecule has 0 aromatic heterocycles. The van der Waals surface area contributed by atoms with Crippen molar-refractivity contribution in [3.05, 3.63) is 70.5 Å². The summed E-state index contributed by atoms with van der Waals surface area (Å²) < 4.78 is 39.2. The number of benzene rings is 2. The normalized spacial score (nSPS) is 10.7. The summed E-state index contributed by atoms with van der Waals surface area (Å²) in [6, 6.07) is 9.02. The van der Waals surface area contributed by atoms with Gasteiger partial charge in [0, 0.05) is 25.2 Å². The van der Waals surface area contributed by atoms with Crippen LogP contribution in [0.1, 0.15) is 41.3 Å². The van der Waals surface area contributed by atoms with Crippen molar-refractivity contribution in [1.29, 1.82) is 0 Å². The molecule has 0 saturated carbocycles. The van der Waals surface area contributed by atoms with Crippen LogP contribution in [0.3, 0.4) is 0 Å². The fourth-order valence-electron chi connectivity index (χ4n) is 2.32. The molecular formula is C19H21F3N2O. The first-order valence-corrected chi connectivity index (χ1v) is 8.22. The SMILES string of the molecule is CCCCNC(=O)c1ccc(CNCc2cc(F)c(F)c(F)c2)cc1. The number of carbonyl (C=O) groups is 1. The Morgan fingerprint density at radius 1 is 0.960 bits per heavy atom. The zero-order chi connectivity index (χ0) is 18.2. The Kier molecular flexibility index (Phi) is 7.01. The van der Waals surface area contributed by atoms with Crippen LogP contribution in [0.2, 0.25) is 0 Å². The highest BCUT2D eigenvalue weighted by atomic mass is 19.2. The second kappa shape index (κ2) is 9.22. The molecule has 2 aromatic rings. The second-order valence-corrected chi connectivity index (χ2v) is 5.78. The predicted molar refractivity (Wildman–Crippen MR) is 90.5 cm³/mol. The average Bonchev–Trinajstić information content (AvgIpc) is 2.60. The monoisotopic (exact) mass is 350 g/mol. The standard InChI is InChI=1S/C19H21F3N2O/c1-2-3-8-24-19(25)15-6-4-13(5-7-15)11-23-12-14-9-16(20)18(22)17(21)10-14/h4-7,9-10,23H,2-3,8,11-12H2,1H3,(H,24,25). The number of amides is 1. The summed E-state index contributed by atoms with van der Waals surface area (Å²) in [6.07, 6.45) is 1.96. The zero-order valence-electron chi connectivity index (χ0n) is 14.0. The molecule has 0 fully saturated rings. The molecule has 0 unspecified atom stereocenters. The number of hydrogen-bond donors (Lipinski definition) is 2. The van der Waals surface area contributed by atoms with Gasteiger partial charge in [0.05, 0.1) is 0 Å². The minimum atomic E-state index is -1.46. The van der Waals surface area contributed by atoms with Crippen LogP contribution in [0.5, 0.6) is 0 Å². The van der Waals surface area contributed by atoms with Gasteiger partial charge in [-0.05, 0) is 41.8 Å². The molecule has 0 heterocycles. The average molecular weight is 350 g/mol. The molecular weight excluding hydrogens is 329 g/mol. The smallest absolute Gasteiger partial charge is 0.251 e. The van der Waals surface area contributed by atoms with Gasteiger partial charge in [0.25, 0.3) is 5.91 Å². The molecule has 6 heteroatoms. The lowest BCUT2D eigenvalue weighted by atomic mass is 10.1. The Hall–Kier alpha value is -2.34. The Labute approximate surface area is 145 Å². The van der Waals surface area contributed by atoms with Gasteiger partial charge < -0.3 is 10.6 Å². The topological polar surface area (TPSA) is 41.1 Å². The van der Waals surface area contributed by atoms with E-state index in [1.807, 2.05) is 12.1 Å². The minimum absolute atomic E-state index is 0.106. The third-order valence-corrected chi connectivity index (χ3v) is 3.73. The maximum absolute atomic E-state index is 13.1. The van der Waals surface area contributed by atoms with E-state index >= 15 is 0 Å². The van der Waals surface area contributed by atoms with Crippen molar-refractivity contribution in [1.82, 2.24) is 10.6 Å². The first-order valence-electron chi connectivity index (χ1n) is 8.22. The summed E-state index contributed by atoms with van der Waals surface area (Å²) in [6.45, 7) is 3.37. The van der Waals surface area contributed by atoms with Gasteiger partial charge in [-0.25, -0.2) is 13.2 Å². The maximum atomic E-state index is 13.1. The lowest BCUT2D eigenvalue weighted by molar-refractivity contribution is 0.0953.